The van der Waals surface area contributed by atoms with Gasteiger partial charge in [-0.3, -0.25) is 9.59 Å². The molecule has 1 aliphatic heterocycles. The molecule has 2 rings (SSSR count). The summed E-state index contributed by atoms with van der Waals surface area (Å²) in [5.41, 5.74) is 1.15. The standard InChI is InChI=1S/C17H25N3O2/c1-18(2)17(22)15-13-19(3)11-12-20(15)16(21)10-9-14-7-5-4-6-8-14/h4-8,15H,9-13H2,1-3H3/t15-/m1/s1. The Morgan fingerprint density at radius 3 is 2.50 bits per heavy atom. The fraction of sp³-hybridized carbons (Fsp3) is 0.529. The van der Waals surface area contributed by atoms with Gasteiger partial charge in [-0.15, -0.1) is 0 Å². The van der Waals surface area contributed by atoms with Crippen molar-refractivity contribution in [2.24, 2.45) is 0 Å². The molecule has 1 heterocycles. The average Bonchev–Trinajstić information content (AvgIpc) is 2.52. The second-order valence-corrected chi connectivity index (χ2v) is 6.08. The Kier molecular flexibility index (Phi) is 5.55. The lowest BCUT2D eigenvalue weighted by atomic mass is 10.1. The zero-order valence-corrected chi connectivity index (χ0v) is 13.7. The van der Waals surface area contributed by atoms with Crippen LogP contribution in [0.5, 0.6) is 0 Å². The highest BCUT2D eigenvalue weighted by molar-refractivity contribution is 5.88. The Hall–Kier alpha value is -1.88. The molecule has 1 fully saturated rings. The summed E-state index contributed by atoms with van der Waals surface area (Å²) in [6, 6.07) is 9.62. The highest BCUT2D eigenvalue weighted by Crippen LogP contribution is 2.14. The number of carbonyl (C=O) groups is 2. The maximum absolute atomic E-state index is 12.6. The van der Waals surface area contributed by atoms with E-state index in [0.717, 1.165) is 18.5 Å². The first-order valence-electron chi connectivity index (χ1n) is 7.72. The monoisotopic (exact) mass is 303 g/mol. The molecule has 0 bridgehead atoms. The fourth-order valence-corrected chi connectivity index (χ4v) is 2.77. The van der Waals surface area contributed by atoms with Crippen molar-refractivity contribution in [1.29, 1.82) is 0 Å². The average molecular weight is 303 g/mol. The van der Waals surface area contributed by atoms with E-state index in [1.54, 1.807) is 23.9 Å². The number of likely N-dealkylation sites (N-methyl/N-ethyl adjacent to an activating group) is 2. The van der Waals surface area contributed by atoms with Crippen LogP contribution in [0.3, 0.4) is 0 Å². The number of rotatable bonds is 4. The van der Waals surface area contributed by atoms with Gasteiger partial charge in [-0.05, 0) is 19.0 Å². The molecule has 1 aromatic rings. The van der Waals surface area contributed by atoms with Crippen LogP contribution in [0, 0.1) is 0 Å². The lowest BCUT2D eigenvalue weighted by Crippen LogP contribution is -2.59. The van der Waals surface area contributed by atoms with Crippen molar-refractivity contribution in [3.05, 3.63) is 35.9 Å². The quantitative estimate of drug-likeness (QED) is 0.828. The van der Waals surface area contributed by atoms with Crippen LogP contribution in [0.25, 0.3) is 0 Å². The second kappa shape index (κ2) is 7.40. The summed E-state index contributed by atoms with van der Waals surface area (Å²) >= 11 is 0. The summed E-state index contributed by atoms with van der Waals surface area (Å²) in [6.07, 6.45) is 1.17. The van der Waals surface area contributed by atoms with Gasteiger partial charge in [0.2, 0.25) is 11.8 Å². The van der Waals surface area contributed by atoms with Crippen LogP contribution < -0.4 is 0 Å². The van der Waals surface area contributed by atoms with E-state index in [4.69, 9.17) is 0 Å². The van der Waals surface area contributed by atoms with Crippen molar-refractivity contribution in [2.45, 2.75) is 18.9 Å². The Morgan fingerprint density at radius 1 is 1.18 bits per heavy atom. The molecule has 120 valence electrons. The molecule has 0 aliphatic carbocycles. The largest absolute Gasteiger partial charge is 0.347 e. The molecule has 0 N–H and O–H groups in total. The minimum atomic E-state index is -0.364. The Balaban J connectivity index is 2.00. The normalized spacial score (nSPS) is 19.0. The second-order valence-electron chi connectivity index (χ2n) is 6.08. The predicted octanol–water partition coefficient (Wildman–Crippen LogP) is 0.850. The minimum absolute atomic E-state index is 0.000360. The molecule has 1 atom stereocenters. The molecular formula is C17H25N3O2. The van der Waals surface area contributed by atoms with Crippen molar-refractivity contribution in [3.8, 4) is 0 Å². The number of benzene rings is 1. The first-order valence-corrected chi connectivity index (χ1v) is 7.72. The number of amides is 2. The summed E-state index contributed by atoms with van der Waals surface area (Å²) in [4.78, 5) is 30.3. The lowest BCUT2D eigenvalue weighted by molar-refractivity contribution is -0.147. The smallest absolute Gasteiger partial charge is 0.246 e. The molecule has 5 nitrogen and oxygen atoms in total. The van der Waals surface area contributed by atoms with Gasteiger partial charge in [0.1, 0.15) is 6.04 Å². The highest BCUT2D eigenvalue weighted by Gasteiger charge is 2.34. The van der Waals surface area contributed by atoms with Gasteiger partial charge in [0.05, 0.1) is 0 Å². The van der Waals surface area contributed by atoms with E-state index >= 15 is 0 Å². The van der Waals surface area contributed by atoms with E-state index < -0.39 is 0 Å². The molecule has 22 heavy (non-hydrogen) atoms. The maximum atomic E-state index is 12.6. The molecule has 0 unspecified atom stereocenters. The van der Waals surface area contributed by atoms with Gasteiger partial charge in [0, 0.05) is 40.2 Å². The van der Waals surface area contributed by atoms with Crippen molar-refractivity contribution in [3.63, 3.8) is 0 Å². The van der Waals surface area contributed by atoms with Crippen LogP contribution in [-0.2, 0) is 16.0 Å². The van der Waals surface area contributed by atoms with Gasteiger partial charge in [-0.1, -0.05) is 30.3 Å². The molecular weight excluding hydrogens is 278 g/mol. The number of piperazine rings is 1. The summed E-state index contributed by atoms with van der Waals surface area (Å²) < 4.78 is 0. The van der Waals surface area contributed by atoms with E-state index in [-0.39, 0.29) is 17.9 Å². The minimum Gasteiger partial charge on any atom is -0.347 e. The maximum Gasteiger partial charge on any atom is 0.246 e. The van der Waals surface area contributed by atoms with E-state index in [9.17, 15) is 9.59 Å². The Labute approximate surface area is 132 Å². The molecule has 1 aromatic carbocycles. The molecule has 0 spiro atoms. The van der Waals surface area contributed by atoms with Gasteiger partial charge in [-0.25, -0.2) is 0 Å². The van der Waals surface area contributed by atoms with Crippen molar-refractivity contribution >= 4 is 11.8 Å². The van der Waals surface area contributed by atoms with Gasteiger partial charge < -0.3 is 14.7 Å². The highest BCUT2D eigenvalue weighted by atomic mass is 16.2. The predicted molar refractivity (Wildman–Crippen MR) is 86.5 cm³/mol. The zero-order chi connectivity index (χ0) is 16.1. The van der Waals surface area contributed by atoms with Crippen molar-refractivity contribution < 1.29 is 9.59 Å². The first kappa shape index (κ1) is 16.5. The number of aryl methyl sites for hydroxylation is 1. The van der Waals surface area contributed by atoms with Crippen LogP contribution in [0.4, 0.5) is 0 Å². The third kappa shape index (κ3) is 4.07. The van der Waals surface area contributed by atoms with Gasteiger partial charge in [0.25, 0.3) is 0 Å². The summed E-state index contributed by atoms with van der Waals surface area (Å²) in [5.74, 6) is 0.0664. The molecule has 0 aromatic heterocycles. The Morgan fingerprint density at radius 2 is 1.86 bits per heavy atom. The third-order valence-corrected chi connectivity index (χ3v) is 4.10. The Bertz CT molecular complexity index is 516. The number of carbonyl (C=O) groups excluding carboxylic acids is 2. The molecule has 2 amide bonds. The summed E-state index contributed by atoms with van der Waals surface area (Å²) in [5, 5.41) is 0. The van der Waals surface area contributed by atoms with Gasteiger partial charge in [0.15, 0.2) is 0 Å². The SMILES string of the molecule is CN1CCN(C(=O)CCc2ccccc2)[C@@H](C(=O)N(C)C)C1. The third-order valence-electron chi connectivity index (χ3n) is 4.10. The molecule has 1 aliphatic rings. The van der Waals surface area contributed by atoms with Crippen LogP contribution in [0.2, 0.25) is 0 Å². The van der Waals surface area contributed by atoms with Crippen molar-refractivity contribution in [1.82, 2.24) is 14.7 Å². The van der Waals surface area contributed by atoms with E-state index in [2.05, 4.69) is 4.90 Å². The van der Waals surface area contributed by atoms with Gasteiger partial charge in [-0.2, -0.15) is 0 Å². The van der Waals surface area contributed by atoms with E-state index in [1.807, 2.05) is 37.4 Å². The molecule has 5 heteroatoms. The van der Waals surface area contributed by atoms with E-state index in [1.165, 1.54) is 0 Å². The van der Waals surface area contributed by atoms with Crippen LogP contribution >= 0.6 is 0 Å². The molecule has 1 saturated heterocycles. The molecule has 0 radical (unpaired) electrons. The topological polar surface area (TPSA) is 43.9 Å². The van der Waals surface area contributed by atoms with Crippen LogP contribution in [-0.4, -0.2) is 73.3 Å². The summed E-state index contributed by atoms with van der Waals surface area (Å²) in [6.45, 7) is 2.04. The lowest BCUT2D eigenvalue weighted by Gasteiger charge is -2.40. The van der Waals surface area contributed by atoms with Gasteiger partial charge >= 0.3 is 0 Å². The number of nitrogens with zero attached hydrogens (tertiary/aromatic N) is 3. The fourth-order valence-electron chi connectivity index (χ4n) is 2.77. The van der Waals surface area contributed by atoms with Crippen LogP contribution in [0.1, 0.15) is 12.0 Å². The number of hydrogen-bond donors (Lipinski definition) is 0. The number of hydrogen-bond acceptors (Lipinski definition) is 3. The zero-order valence-electron chi connectivity index (χ0n) is 13.7. The first-order chi connectivity index (χ1) is 10.5. The molecule has 0 saturated carbocycles. The van der Waals surface area contributed by atoms with E-state index in [0.29, 0.717) is 19.5 Å². The summed E-state index contributed by atoms with van der Waals surface area (Å²) in [7, 11) is 5.47. The van der Waals surface area contributed by atoms with Crippen LogP contribution in [0.15, 0.2) is 30.3 Å². The van der Waals surface area contributed by atoms with Crippen molar-refractivity contribution in [2.75, 3.05) is 40.8 Å².